The van der Waals surface area contributed by atoms with E-state index in [0.29, 0.717) is 5.25 Å². The maximum Gasteiger partial charge on any atom is 0.142 e. The van der Waals surface area contributed by atoms with Gasteiger partial charge in [-0.25, -0.2) is 4.39 Å². The first-order valence-electron chi connectivity index (χ1n) is 4.00. The van der Waals surface area contributed by atoms with Gasteiger partial charge in [-0.05, 0) is 12.1 Å². The molecular weight excluding hydrogens is 185 g/mol. The first-order valence-corrected chi connectivity index (χ1v) is 4.88. The minimum absolute atomic E-state index is 0.154. The van der Waals surface area contributed by atoms with E-state index in [1.54, 1.807) is 12.1 Å². The Morgan fingerprint density at radius 3 is 2.69 bits per heavy atom. The van der Waals surface area contributed by atoms with Crippen LogP contribution < -0.4 is 0 Å². The number of hydrogen-bond donors (Lipinski definition) is 0. The van der Waals surface area contributed by atoms with Crippen molar-refractivity contribution in [1.82, 2.24) is 0 Å². The van der Waals surface area contributed by atoms with Crippen molar-refractivity contribution in [1.29, 1.82) is 5.26 Å². The average molecular weight is 195 g/mol. The third kappa shape index (κ3) is 2.46. The summed E-state index contributed by atoms with van der Waals surface area (Å²) in [4.78, 5) is 0.720. The average Bonchev–Trinajstić information content (AvgIpc) is 2.03. The number of nitriles is 1. The summed E-state index contributed by atoms with van der Waals surface area (Å²) in [6, 6.07) is 6.58. The van der Waals surface area contributed by atoms with Crippen molar-refractivity contribution in [3.05, 3.63) is 29.6 Å². The topological polar surface area (TPSA) is 23.8 Å². The zero-order chi connectivity index (χ0) is 9.84. The summed E-state index contributed by atoms with van der Waals surface area (Å²) in [5.74, 6) is -0.437. The van der Waals surface area contributed by atoms with E-state index in [-0.39, 0.29) is 5.56 Å². The van der Waals surface area contributed by atoms with Gasteiger partial charge in [0.05, 0.1) is 0 Å². The van der Waals surface area contributed by atoms with Crippen molar-refractivity contribution in [2.45, 2.75) is 24.0 Å². The van der Waals surface area contributed by atoms with Crippen LogP contribution in [0.4, 0.5) is 4.39 Å². The Labute approximate surface area is 81.6 Å². The molecule has 0 N–H and O–H groups in total. The molecule has 0 saturated carbocycles. The lowest BCUT2D eigenvalue weighted by atomic mass is 10.2. The molecule has 13 heavy (non-hydrogen) atoms. The van der Waals surface area contributed by atoms with Crippen molar-refractivity contribution >= 4 is 11.8 Å². The van der Waals surface area contributed by atoms with Gasteiger partial charge >= 0.3 is 0 Å². The summed E-state index contributed by atoms with van der Waals surface area (Å²) >= 11 is 1.50. The summed E-state index contributed by atoms with van der Waals surface area (Å²) in [6.07, 6.45) is 0. The van der Waals surface area contributed by atoms with Crippen LogP contribution in [-0.2, 0) is 0 Å². The van der Waals surface area contributed by atoms with Crippen molar-refractivity contribution in [3.63, 3.8) is 0 Å². The SMILES string of the molecule is CC(C)Sc1cccc(F)c1C#N. The van der Waals surface area contributed by atoms with E-state index in [1.807, 2.05) is 19.9 Å². The standard InChI is InChI=1S/C10H10FNS/c1-7(2)13-10-5-3-4-9(11)8(10)6-12/h3-5,7H,1-2H3. The fourth-order valence-corrected chi connectivity index (χ4v) is 1.89. The number of rotatable bonds is 2. The predicted octanol–water partition coefficient (Wildman–Crippen LogP) is 3.20. The summed E-state index contributed by atoms with van der Waals surface area (Å²) < 4.78 is 13.1. The number of thioether (sulfide) groups is 1. The maximum absolute atomic E-state index is 13.1. The van der Waals surface area contributed by atoms with E-state index in [2.05, 4.69) is 0 Å². The molecule has 0 radical (unpaired) electrons. The highest BCUT2D eigenvalue weighted by molar-refractivity contribution is 8.00. The van der Waals surface area contributed by atoms with Gasteiger partial charge in [0.1, 0.15) is 17.4 Å². The molecule has 0 amide bonds. The van der Waals surface area contributed by atoms with Crippen LogP contribution in [0.15, 0.2) is 23.1 Å². The predicted molar refractivity (Wildman–Crippen MR) is 52.1 cm³/mol. The van der Waals surface area contributed by atoms with Crippen molar-refractivity contribution in [2.24, 2.45) is 0 Å². The van der Waals surface area contributed by atoms with Crippen molar-refractivity contribution < 1.29 is 4.39 Å². The molecule has 0 fully saturated rings. The van der Waals surface area contributed by atoms with Crippen molar-refractivity contribution in [2.75, 3.05) is 0 Å². The fourth-order valence-electron chi connectivity index (χ4n) is 0.965. The molecule has 3 heteroatoms. The molecule has 0 heterocycles. The molecule has 0 aliphatic heterocycles. The van der Waals surface area contributed by atoms with E-state index in [4.69, 9.17) is 5.26 Å². The summed E-state index contributed by atoms with van der Waals surface area (Å²) in [5, 5.41) is 9.06. The third-order valence-electron chi connectivity index (χ3n) is 1.45. The van der Waals surface area contributed by atoms with Crippen molar-refractivity contribution in [3.8, 4) is 6.07 Å². The van der Waals surface area contributed by atoms with Crippen LogP contribution in [0.5, 0.6) is 0 Å². The van der Waals surface area contributed by atoms with Crippen LogP contribution in [0.25, 0.3) is 0 Å². The fraction of sp³-hybridized carbons (Fsp3) is 0.300. The van der Waals surface area contributed by atoms with Gasteiger partial charge < -0.3 is 0 Å². The second-order valence-corrected chi connectivity index (χ2v) is 4.51. The minimum Gasteiger partial charge on any atom is -0.206 e. The zero-order valence-electron chi connectivity index (χ0n) is 7.54. The molecule has 0 aliphatic carbocycles. The molecule has 0 unspecified atom stereocenters. The first kappa shape index (κ1) is 10.1. The van der Waals surface area contributed by atoms with Gasteiger partial charge in [-0.15, -0.1) is 11.8 Å². The second-order valence-electron chi connectivity index (χ2n) is 2.89. The summed E-state index contributed by atoms with van der Waals surface area (Å²) in [6.45, 7) is 4.02. The monoisotopic (exact) mass is 195 g/mol. The highest BCUT2D eigenvalue weighted by Gasteiger charge is 2.08. The molecule has 1 nitrogen and oxygen atoms in total. The molecular formula is C10H10FNS. The molecule has 1 aromatic carbocycles. The maximum atomic E-state index is 13.1. The lowest BCUT2D eigenvalue weighted by Crippen LogP contribution is -1.91. The molecule has 0 atom stereocenters. The van der Waals surface area contributed by atoms with Crippen LogP contribution in [0.2, 0.25) is 0 Å². The van der Waals surface area contributed by atoms with Gasteiger partial charge in [0.25, 0.3) is 0 Å². The number of benzene rings is 1. The Hall–Kier alpha value is -1.01. The van der Waals surface area contributed by atoms with Crippen LogP contribution in [0.3, 0.4) is 0 Å². The van der Waals surface area contributed by atoms with Crippen LogP contribution >= 0.6 is 11.8 Å². The largest absolute Gasteiger partial charge is 0.206 e. The normalized spacial score (nSPS) is 10.1. The van der Waals surface area contributed by atoms with Gasteiger partial charge in [0.15, 0.2) is 0 Å². The number of halogens is 1. The van der Waals surface area contributed by atoms with E-state index in [9.17, 15) is 4.39 Å². The highest BCUT2D eigenvalue weighted by Crippen LogP contribution is 2.27. The van der Waals surface area contributed by atoms with Gasteiger partial charge in [0.2, 0.25) is 0 Å². The summed E-state index contributed by atoms with van der Waals surface area (Å²) in [7, 11) is 0. The molecule has 0 bridgehead atoms. The van der Waals surface area contributed by atoms with E-state index >= 15 is 0 Å². The molecule has 0 spiro atoms. The van der Waals surface area contributed by atoms with Crippen LogP contribution in [-0.4, -0.2) is 5.25 Å². The Balaban J connectivity index is 3.07. The molecule has 0 aliphatic rings. The molecule has 1 rings (SSSR count). The minimum atomic E-state index is -0.437. The molecule has 68 valence electrons. The highest BCUT2D eigenvalue weighted by atomic mass is 32.2. The first-order chi connectivity index (χ1) is 6.15. The Morgan fingerprint density at radius 2 is 2.15 bits per heavy atom. The Bertz CT molecular complexity index is 341. The van der Waals surface area contributed by atoms with E-state index < -0.39 is 5.82 Å². The van der Waals surface area contributed by atoms with Gasteiger partial charge in [-0.3, -0.25) is 0 Å². The third-order valence-corrected chi connectivity index (χ3v) is 2.52. The van der Waals surface area contributed by atoms with Gasteiger partial charge in [-0.1, -0.05) is 19.9 Å². The van der Waals surface area contributed by atoms with Crippen LogP contribution in [0.1, 0.15) is 19.4 Å². The smallest absolute Gasteiger partial charge is 0.142 e. The zero-order valence-corrected chi connectivity index (χ0v) is 8.36. The molecule has 1 aromatic rings. The Kier molecular flexibility index (Phi) is 3.32. The number of hydrogen-bond acceptors (Lipinski definition) is 2. The van der Waals surface area contributed by atoms with Crippen LogP contribution in [0, 0.1) is 17.1 Å². The second kappa shape index (κ2) is 4.29. The Morgan fingerprint density at radius 1 is 1.46 bits per heavy atom. The lowest BCUT2D eigenvalue weighted by Gasteiger charge is -2.06. The van der Waals surface area contributed by atoms with E-state index in [1.165, 1.54) is 17.8 Å². The number of nitrogens with zero attached hydrogens (tertiary/aromatic N) is 1. The molecule has 0 aromatic heterocycles. The summed E-state index contributed by atoms with van der Waals surface area (Å²) in [5.41, 5.74) is 0.154. The quantitative estimate of drug-likeness (QED) is 0.677. The van der Waals surface area contributed by atoms with Gasteiger partial charge in [0, 0.05) is 10.1 Å². The van der Waals surface area contributed by atoms with E-state index in [0.717, 1.165) is 4.90 Å². The molecule has 0 saturated heterocycles. The lowest BCUT2D eigenvalue weighted by molar-refractivity contribution is 0.620. The van der Waals surface area contributed by atoms with Gasteiger partial charge in [-0.2, -0.15) is 5.26 Å².